The van der Waals surface area contributed by atoms with Gasteiger partial charge in [-0.15, -0.1) is 0 Å². The van der Waals surface area contributed by atoms with Crippen molar-refractivity contribution in [2.45, 2.75) is 32.6 Å². The van der Waals surface area contributed by atoms with E-state index < -0.39 is 0 Å². The van der Waals surface area contributed by atoms with Crippen molar-refractivity contribution in [1.82, 2.24) is 0 Å². The predicted octanol–water partition coefficient (Wildman–Crippen LogP) is 2.45. The van der Waals surface area contributed by atoms with Crippen molar-refractivity contribution in [3.63, 3.8) is 0 Å². The normalized spacial score (nSPS) is 11.5. The number of nitriles is 1. The van der Waals surface area contributed by atoms with Crippen molar-refractivity contribution in [2.24, 2.45) is 5.92 Å². The zero-order chi connectivity index (χ0) is 12.9. The number of esters is 1. The molecule has 0 fully saturated rings. The molecule has 0 aromatic carbocycles. The van der Waals surface area contributed by atoms with Crippen molar-refractivity contribution >= 4 is 5.97 Å². The zero-order valence-corrected chi connectivity index (χ0v) is 10.5. The summed E-state index contributed by atoms with van der Waals surface area (Å²) in [6, 6.07) is 2.12. The molecule has 0 saturated heterocycles. The van der Waals surface area contributed by atoms with Crippen LogP contribution in [0.25, 0.3) is 0 Å². The van der Waals surface area contributed by atoms with E-state index in [0.717, 1.165) is 25.7 Å². The molecule has 0 aliphatic heterocycles. The highest BCUT2D eigenvalue weighted by molar-refractivity contribution is 5.81. The lowest BCUT2D eigenvalue weighted by Crippen LogP contribution is -2.05. The van der Waals surface area contributed by atoms with Crippen LogP contribution in [0, 0.1) is 17.2 Å². The van der Waals surface area contributed by atoms with Crippen LogP contribution in [0.15, 0.2) is 12.7 Å². The third kappa shape index (κ3) is 10.9. The molecule has 0 rings (SSSR count). The second kappa shape index (κ2) is 11.2. The molecule has 0 aromatic heterocycles. The van der Waals surface area contributed by atoms with Crippen LogP contribution in [0.5, 0.6) is 0 Å². The number of unbranched alkanes of at least 4 members (excludes halogenated alkanes) is 3. The Labute approximate surface area is 103 Å². The number of carbonyl (C=O) groups excluding carboxylic acids is 1. The molecule has 96 valence electrons. The van der Waals surface area contributed by atoms with Crippen molar-refractivity contribution in [2.75, 3.05) is 19.8 Å². The quantitative estimate of drug-likeness (QED) is 0.334. The highest BCUT2D eigenvalue weighted by Crippen LogP contribution is 2.02. The fourth-order valence-corrected chi connectivity index (χ4v) is 1.19. The number of hydrogen-bond acceptors (Lipinski definition) is 4. The first-order valence-electron chi connectivity index (χ1n) is 5.97. The molecular weight excluding hydrogens is 218 g/mol. The monoisotopic (exact) mass is 239 g/mol. The Hall–Kier alpha value is -1.34. The Bertz CT molecular complexity index is 258. The number of ether oxygens (including phenoxy) is 2. The minimum absolute atomic E-state index is 0.0340. The van der Waals surface area contributed by atoms with Crippen molar-refractivity contribution in [3.8, 4) is 6.07 Å². The number of nitrogens with zero attached hydrogens (tertiary/aromatic N) is 1. The first-order chi connectivity index (χ1) is 8.20. The molecular formula is C13H21NO3. The Morgan fingerprint density at radius 3 is 2.59 bits per heavy atom. The van der Waals surface area contributed by atoms with Crippen molar-refractivity contribution < 1.29 is 14.3 Å². The van der Waals surface area contributed by atoms with Crippen LogP contribution in [0.2, 0.25) is 0 Å². The van der Waals surface area contributed by atoms with E-state index in [2.05, 4.69) is 12.6 Å². The van der Waals surface area contributed by atoms with E-state index >= 15 is 0 Å². The van der Waals surface area contributed by atoms with Gasteiger partial charge in [0.15, 0.2) is 0 Å². The van der Waals surface area contributed by atoms with Gasteiger partial charge < -0.3 is 9.47 Å². The number of hydrogen-bond donors (Lipinski definition) is 0. The lowest BCUT2D eigenvalue weighted by atomic mass is 10.2. The summed E-state index contributed by atoms with van der Waals surface area (Å²) in [4.78, 5) is 10.7. The van der Waals surface area contributed by atoms with Gasteiger partial charge in [0.25, 0.3) is 0 Å². The van der Waals surface area contributed by atoms with Gasteiger partial charge in [-0.1, -0.05) is 13.0 Å². The van der Waals surface area contributed by atoms with Gasteiger partial charge in [0, 0.05) is 12.7 Å². The molecule has 0 aliphatic carbocycles. The highest BCUT2D eigenvalue weighted by Gasteiger charge is 1.99. The number of rotatable bonds is 10. The molecule has 0 amide bonds. The molecule has 4 nitrogen and oxygen atoms in total. The van der Waals surface area contributed by atoms with E-state index in [1.807, 2.05) is 6.92 Å². The molecule has 4 heteroatoms. The molecule has 0 N–H and O–H groups in total. The second-order valence-electron chi connectivity index (χ2n) is 3.89. The van der Waals surface area contributed by atoms with Crippen LogP contribution in [-0.2, 0) is 14.3 Å². The molecule has 0 bridgehead atoms. The van der Waals surface area contributed by atoms with Crippen LogP contribution >= 0.6 is 0 Å². The fraction of sp³-hybridized carbons (Fsp3) is 0.692. The number of carbonyl (C=O) groups is 1. The van der Waals surface area contributed by atoms with E-state index in [4.69, 9.17) is 14.7 Å². The summed E-state index contributed by atoms with van der Waals surface area (Å²) in [5, 5.41) is 8.52. The Morgan fingerprint density at radius 1 is 1.35 bits per heavy atom. The van der Waals surface area contributed by atoms with E-state index in [1.54, 1.807) is 0 Å². The minimum Gasteiger partial charge on any atom is -0.463 e. The van der Waals surface area contributed by atoms with Gasteiger partial charge in [0.2, 0.25) is 0 Å². The Kier molecular flexibility index (Phi) is 10.3. The summed E-state index contributed by atoms with van der Waals surface area (Å²) in [7, 11) is 0. The summed E-state index contributed by atoms with van der Waals surface area (Å²) in [6.45, 7) is 6.81. The van der Waals surface area contributed by atoms with Gasteiger partial charge in [-0.3, -0.25) is 0 Å². The maximum Gasteiger partial charge on any atom is 0.330 e. The van der Waals surface area contributed by atoms with E-state index in [-0.39, 0.29) is 11.9 Å². The Morgan fingerprint density at radius 2 is 2.00 bits per heavy atom. The third-order valence-corrected chi connectivity index (χ3v) is 2.18. The van der Waals surface area contributed by atoms with Gasteiger partial charge in [-0.2, -0.15) is 5.26 Å². The van der Waals surface area contributed by atoms with Crippen LogP contribution in [0.4, 0.5) is 0 Å². The fourth-order valence-electron chi connectivity index (χ4n) is 1.19. The highest BCUT2D eigenvalue weighted by atomic mass is 16.5. The summed E-state index contributed by atoms with van der Waals surface area (Å²) < 4.78 is 10.2. The second-order valence-corrected chi connectivity index (χ2v) is 3.89. The van der Waals surface area contributed by atoms with E-state index in [1.165, 1.54) is 6.08 Å². The zero-order valence-electron chi connectivity index (χ0n) is 10.5. The maximum atomic E-state index is 10.7. The van der Waals surface area contributed by atoms with E-state index in [0.29, 0.717) is 19.8 Å². The van der Waals surface area contributed by atoms with Gasteiger partial charge in [0.1, 0.15) is 0 Å². The molecule has 0 saturated carbocycles. The summed E-state index contributed by atoms with van der Waals surface area (Å²) >= 11 is 0. The van der Waals surface area contributed by atoms with Gasteiger partial charge in [-0.05, 0) is 26.2 Å². The lowest BCUT2D eigenvalue weighted by molar-refractivity contribution is -0.137. The molecule has 1 atom stereocenters. The molecule has 0 heterocycles. The first-order valence-corrected chi connectivity index (χ1v) is 5.97. The SMILES string of the molecule is C=CC(=O)OCCCCCCOCC(C)C#N. The van der Waals surface area contributed by atoms with Crippen molar-refractivity contribution in [3.05, 3.63) is 12.7 Å². The van der Waals surface area contributed by atoms with E-state index in [9.17, 15) is 4.79 Å². The lowest BCUT2D eigenvalue weighted by Gasteiger charge is -2.05. The van der Waals surface area contributed by atoms with Gasteiger partial charge >= 0.3 is 5.97 Å². The molecule has 0 radical (unpaired) electrons. The Balaban J connectivity index is 3.12. The average Bonchev–Trinajstić information content (AvgIpc) is 2.35. The first kappa shape index (κ1) is 15.7. The molecule has 0 spiro atoms. The van der Waals surface area contributed by atoms with Crippen LogP contribution in [-0.4, -0.2) is 25.8 Å². The molecule has 1 unspecified atom stereocenters. The summed E-state index contributed by atoms with van der Waals surface area (Å²) in [5.41, 5.74) is 0. The molecule has 0 aromatic rings. The smallest absolute Gasteiger partial charge is 0.330 e. The van der Waals surface area contributed by atoms with Crippen LogP contribution in [0.1, 0.15) is 32.6 Å². The topological polar surface area (TPSA) is 59.3 Å². The van der Waals surface area contributed by atoms with Crippen molar-refractivity contribution in [1.29, 1.82) is 5.26 Å². The maximum absolute atomic E-state index is 10.7. The van der Waals surface area contributed by atoms with Crippen LogP contribution < -0.4 is 0 Å². The predicted molar refractivity (Wildman–Crippen MR) is 65.2 cm³/mol. The molecule has 17 heavy (non-hydrogen) atoms. The summed E-state index contributed by atoms with van der Waals surface area (Å²) in [5.74, 6) is -0.396. The summed E-state index contributed by atoms with van der Waals surface area (Å²) in [6.07, 6.45) is 5.08. The molecule has 0 aliphatic rings. The standard InChI is InChI=1S/C13H21NO3/c1-3-13(15)17-9-7-5-4-6-8-16-11-12(2)10-14/h3,12H,1,4-9,11H2,2H3. The van der Waals surface area contributed by atoms with Crippen LogP contribution in [0.3, 0.4) is 0 Å². The van der Waals surface area contributed by atoms with Gasteiger partial charge in [-0.25, -0.2) is 4.79 Å². The van der Waals surface area contributed by atoms with Gasteiger partial charge in [0.05, 0.1) is 25.2 Å². The minimum atomic E-state index is -0.362. The largest absolute Gasteiger partial charge is 0.463 e. The average molecular weight is 239 g/mol. The third-order valence-electron chi connectivity index (χ3n) is 2.18.